The number of allylic oxidation sites excluding steroid dienone is 1. The van der Waals surface area contributed by atoms with Crippen molar-refractivity contribution in [3.8, 4) is 6.07 Å². The van der Waals surface area contributed by atoms with Gasteiger partial charge in [-0.25, -0.2) is 8.42 Å². The van der Waals surface area contributed by atoms with Crippen molar-refractivity contribution in [1.82, 2.24) is 9.80 Å². The zero-order valence-corrected chi connectivity index (χ0v) is 22.0. The Hall–Kier alpha value is -4.26. The first-order valence-corrected chi connectivity index (χ1v) is 13.7. The van der Waals surface area contributed by atoms with Gasteiger partial charge in [0.05, 0.1) is 17.3 Å². The van der Waals surface area contributed by atoms with Gasteiger partial charge in [0.2, 0.25) is 0 Å². The van der Waals surface area contributed by atoms with Gasteiger partial charge in [0.15, 0.2) is 0 Å². The minimum Gasteiger partial charge on any atom is -0.336 e. The van der Waals surface area contributed by atoms with Crippen molar-refractivity contribution in [1.29, 1.82) is 5.26 Å². The molecule has 9 heteroatoms. The fourth-order valence-electron chi connectivity index (χ4n) is 4.42. The molecule has 8 nitrogen and oxygen atoms in total. The van der Waals surface area contributed by atoms with Crippen molar-refractivity contribution >= 4 is 40.1 Å². The molecule has 1 aliphatic rings. The molecule has 1 heterocycles. The number of nitriles is 1. The van der Waals surface area contributed by atoms with Gasteiger partial charge >= 0.3 is 0 Å². The standard InChI is InChI=1S/C29H29N5O3S/c1-3-6-24-9-5-10-27(28(24)31-2)38(36,37)32-26-13-11-25(12-14-26)29(35)34-17-15-33(16-18-34)21-23-8-4-7-22(19-23)20-30/h3-14,19,32H,2,15-18,21H2,1H3/b6-3-. The van der Waals surface area contributed by atoms with Gasteiger partial charge in [-0.1, -0.05) is 36.4 Å². The van der Waals surface area contributed by atoms with Crippen LogP contribution in [0.15, 0.2) is 82.7 Å². The summed E-state index contributed by atoms with van der Waals surface area (Å²) in [4.78, 5) is 21.1. The predicted molar refractivity (Wildman–Crippen MR) is 150 cm³/mol. The Morgan fingerprint density at radius 2 is 1.79 bits per heavy atom. The van der Waals surface area contributed by atoms with Gasteiger partial charge in [-0.3, -0.25) is 19.4 Å². The topological polar surface area (TPSA) is 106 Å². The van der Waals surface area contributed by atoms with Crippen LogP contribution in [0.5, 0.6) is 0 Å². The Kier molecular flexibility index (Phi) is 8.36. The van der Waals surface area contributed by atoms with Gasteiger partial charge in [-0.05, 0) is 61.7 Å². The molecule has 1 amide bonds. The van der Waals surface area contributed by atoms with Gasteiger partial charge in [-0.2, -0.15) is 5.26 Å². The van der Waals surface area contributed by atoms with E-state index in [9.17, 15) is 13.2 Å². The highest BCUT2D eigenvalue weighted by Crippen LogP contribution is 2.30. The summed E-state index contributed by atoms with van der Waals surface area (Å²) in [6.45, 7) is 8.73. The molecule has 0 aliphatic carbocycles. The van der Waals surface area contributed by atoms with E-state index in [1.807, 2.05) is 25.1 Å². The second-order valence-corrected chi connectivity index (χ2v) is 10.6. The normalized spacial score (nSPS) is 14.3. The lowest BCUT2D eigenvalue weighted by molar-refractivity contribution is 0.0628. The average Bonchev–Trinajstić information content (AvgIpc) is 2.93. The third-order valence-electron chi connectivity index (χ3n) is 6.33. The maximum absolute atomic E-state index is 13.1. The molecule has 1 saturated heterocycles. The molecule has 1 aliphatic heterocycles. The monoisotopic (exact) mass is 527 g/mol. The number of carbonyl (C=O) groups excluding carboxylic acids is 1. The molecule has 0 unspecified atom stereocenters. The number of anilines is 1. The number of nitrogens with zero attached hydrogens (tertiary/aromatic N) is 4. The van der Waals surface area contributed by atoms with Crippen LogP contribution in [0, 0.1) is 11.3 Å². The molecule has 0 saturated carbocycles. The number of aliphatic imine (C=N–C) groups is 1. The van der Waals surface area contributed by atoms with E-state index in [1.54, 1.807) is 59.5 Å². The molecule has 0 spiro atoms. The lowest BCUT2D eigenvalue weighted by Gasteiger charge is -2.34. The number of para-hydroxylation sites is 1. The molecule has 0 radical (unpaired) electrons. The average molecular weight is 528 g/mol. The van der Waals surface area contributed by atoms with E-state index in [4.69, 9.17) is 5.26 Å². The number of benzene rings is 3. The number of piperazine rings is 1. The maximum Gasteiger partial charge on any atom is 0.264 e. The molecule has 3 aromatic rings. The highest BCUT2D eigenvalue weighted by molar-refractivity contribution is 7.92. The second-order valence-electron chi connectivity index (χ2n) is 8.92. The van der Waals surface area contributed by atoms with Crippen LogP contribution >= 0.6 is 0 Å². The molecule has 1 N–H and O–H groups in total. The fraction of sp³-hybridized carbons (Fsp3) is 0.207. The first-order valence-electron chi connectivity index (χ1n) is 12.2. The minimum absolute atomic E-state index is 0.0282. The van der Waals surface area contributed by atoms with Crippen LogP contribution < -0.4 is 4.72 Å². The van der Waals surface area contributed by atoms with Gasteiger partial charge in [0, 0.05) is 49.5 Å². The van der Waals surface area contributed by atoms with Crippen LogP contribution in [0.25, 0.3) is 6.08 Å². The summed E-state index contributed by atoms with van der Waals surface area (Å²) < 4.78 is 28.7. The highest BCUT2D eigenvalue weighted by atomic mass is 32.2. The lowest BCUT2D eigenvalue weighted by atomic mass is 10.1. The first kappa shape index (κ1) is 26.8. The molecule has 0 bridgehead atoms. The number of rotatable bonds is 8. The van der Waals surface area contributed by atoms with Gasteiger partial charge < -0.3 is 4.90 Å². The van der Waals surface area contributed by atoms with Crippen LogP contribution in [-0.4, -0.2) is 57.0 Å². The van der Waals surface area contributed by atoms with E-state index in [-0.39, 0.29) is 16.5 Å². The molecule has 3 aromatic carbocycles. The molecular weight excluding hydrogens is 498 g/mol. The number of hydrogen-bond donors (Lipinski definition) is 1. The number of hydrogen-bond acceptors (Lipinski definition) is 6. The predicted octanol–water partition coefficient (Wildman–Crippen LogP) is 4.68. The Balaban J connectivity index is 1.38. The molecule has 0 atom stereocenters. The van der Waals surface area contributed by atoms with E-state index >= 15 is 0 Å². The van der Waals surface area contributed by atoms with Crippen LogP contribution in [0.3, 0.4) is 0 Å². The van der Waals surface area contributed by atoms with Crippen LogP contribution in [0.4, 0.5) is 11.4 Å². The SMILES string of the molecule is C=Nc1c(/C=C\C)cccc1S(=O)(=O)Nc1ccc(C(=O)N2CCN(Cc3cccc(C#N)c3)CC2)cc1. The second kappa shape index (κ2) is 11.9. The van der Waals surface area contributed by atoms with Crippen LogP contribution in [-0.2, 0) is 16.6 Å². The van der Waals surface area contributed by atoms with Gasteiger partial charge in [0.1, 0.15) is 4.90 Å². The highest BCUT2D eigenvalue weighted by Gasteiger charge is 2.23. The Bertz CT molecular complexity index is 1500. The Morgan fingerprint density at radius 1 is 1.08 bits per heavy atom. The van der Waals surface area contributed by atoms with Crippen molar-refractivity contribution < 1.29 is 13.2 Å². The van der Waals surface area contributed by atoms with Crippen molar-refractivity contribution in [2.24, 2.45) is 4.99 Å². The van der Waals surface area contributed by atoms with E-state index < -0.39 is 10.0 Å². The summed E-state index contributed by atoms with van der Waals surface area (Å²) in [5, 5.41) is 9.10. The van der Waals surface area contributed by atoms with Gasteiger partial charge in [-0.15, -0.1) is 0 Å². The molecule has 194 valence electrons. The summed E-state index contributed by atoms with van der Waals surface area (Å²) in [7, 11) is -3.92. The third kappa shape index (κ3) is 6.17. The van der Waals surface area contributed by atoms with Gasteiger partial charge in [0.25, 0.3) is 15.9 Å². The summed E-state index contributed by atoms with van der Waals surface area (Å²) in [5.41, 5.74) is 3.49. The van der Waals surface area contributed by atoms with E-state index in [0.717, 1.165) is 25.2 Å². The smallest absolute Gasteiger partial charge is 0.264 e. The van der Waals surface area contributed by atoms with Crippen molar-refractivity contribution in [2.45, 2.75) is 18.4 Å². The summed E-state index contributed by atoms with van der Waals surface area (Å²) in [6.07, 6.45) is 3.58. The number of nitrogens with one attached hydrogen (secondary N) is 1. The quantitative estimate of drug-likeness (QED) is 0.428. The number of carbonyl (C=O) groups is 1. The number of amides is 1. The van der Waals surface area contributed by atoms with Crippen molar-refractivity contribution in [2.75, 3.05) is 30.9 Å². The Labute approximate surface area is 223 Å². The maximum atomic E-state index is 13.1. The fourth-order valence-corrected chi connectivity index (χ4v) is 5.67. The summed E-state index contributed by atoms with van der Waals surface area (Å²) in [6, 6.07) is 21.1. The lowest BCUT2D eigenvalue weighted by Crippen LogP contribution is -2.48. The summed E-state index contributed by atoms with van der Waals surface area (Å²) in [5.74, 6) is -0.0947. The van der Waals surface area contributed by atoms with E-state index in [2.05, 4.69) is 27.4 Å². The Morgan fingerprint density at radius 3 is 2.45 bits per heavy atom. The third-order valence-corrected chi connectivity index (χ3v) is 7.74. The van der Waals surface area contributed by atoms with Crippen molar-refractivity contribution in [3.05, 3.63) is 95.1 Å². The minimum atomic E-state index is -3.92. The first-order chi connectivity index (χ1) is 18.3. The molecule has 4 rings (SSSR count). The zero-order valence-electron chi connectivity index (χ0n) is 21.2. The molecular formula is C29H29N5O3S. The molecule has 38 heavy (non-hydrogen) atoms. The van der Waals surface area contributed by atoms with E-state index in [1.165, 1.54) is 6.07 Å². The zero-order chi connectivity index (χ0) is 27.1. The van der Waals surface area contributed by atoms with Crippen molar-refractivity contribution in [3.63, 3.8) is 0 Å². The summed E-state index contributed by atoms with van der Waals surface area (Å²) >= 11 is 0. The number of sulfonamides is 1. The van der Waals surface area contributed by atoms with Crippen LogP contribution in [0.1, 0.15) is 34.0 Å². The molecule has 0 aromatic heterocycles. The van der Waals surface area contributed by atoms with Crippen LogP contribution in [0.2, 0.25) is 0 Å². The molecule has 1 fully saturated rings. The largest absolute Gasteiger partial charge is 0.336 e. The van der Waals surface area contributed by atoms with E-state index in [0.29, 0.717) is 35.5 Å².